The number of hydrogen-bond donors (Lipinski definition) is 1. The van der Waals surface area contributed by atoms with Crippen molar-refractivity contribution in [1.29, 1.82) is 0 Å². The molecule has 1 atom stereocenters. The van der Waals surface area contributed by atoms with Crippen LogP contribution in [0, 0.1) is 5.82 Å². The average molecular weight is 371 g/mol. The summed E-state index contributed by atoms with van der Waals surface area (Å²) in [6.07, 6.45) is 4.07. The number of aliphatic hydroxyl groups is 1. The summed E-state index contributed by atoms with van der Waals surface area (Å²) in [7, 11) is 0. The predicted octanol–water partition coefficient (Wildman–Crippen LogP) is 2.44. The van der Waals surface area contributed by atoms with Gasteiger partial charge in [0.1, 0.15) is 5.82 Å². The molecule has 0 amide bonds. The fourth-order valence-corrected chi connectivity index (χ4v) is 3.51. The smallest absolute Gasteiger partial charge is 0.247 e. The van der Waals surface area contributed by atoms with Crippen molar-refractivity contribution in [2.75, 3.05) is 19.7 Å². The number of likely N-dealkylation sites (tertiary alicyclic amines) is 1. The quantitative estimate of drug-likeness (QED) is 0.717. The molecule has 3 aromatic rings. The van der Waals surface area contributed by atoms with Gasteiger partial charge in [0, 0.05) is 24.2 Å². The Hall–Kier alpha value is -2.58. The third-order valence-electron chi connectivity index (χ3n) is 4.81. The zero-order valence-electron chi connectivity index (χ0n) is 15.0. The molecule has 1 aliphatic rings. The van der Waals surface area contributed by atoms with Crippen LogP contribution in [0.1, 0.15) is 30.3 Å². The highest BCUT2D eigenvalue weighted by Crippen LogP contribution is 2.27. The minimum Gasteiger partial charge on any atom is -0.419 e. The van der Waals surface area contributed by atoms with Gasteiger partial charge >= 0.3 is 0 Å². The van der Waals surface area contributed by atoms with Crippen molar-refractivity contribution < 1.29 is 13.9 Å². The third-order valence-corrected chi connectivity index (χ3v) is 4.81. The second kappa shape index (κ2) is 7.98. The second-order valence-corrected chi connectivity index (χ2v) is 6.81. The first-order valence-corrected chi connectivity index (χ1v) is 9.16. The van der Waals surface area contributed by atoms with Crippen LogP contribution in [-0.2, 0) is 13.1 Å². The van der Waals surface area contributed by atoms with Gasteiger partial charge in [-0.1, -0.05) is 6.07 Å². The van der Waals surface area contributed by atoms with Gasteiger partial charge in [0.05, 0.1) is 25.4 Å². The van der Waals surface area contributed by atoms with Crippen LogP contribution in [0.3, 0.4) is 0 Å². The van der Waals surface area contributed by atoms with E-state index in [1.165, 1.54) is 12.1 Å². The Balaban J connectivity index is 1.40. The summed E-state index contributed by atoms with van der Waals surface area (Å²) >= 11 is 0. The molecule has 1 fully saturated rings. The molecule has 0 spiro atoms. The van der Waals surface area contributed by atoms with Crippen molar-refractivity contribution in [2.24, 2.45) is 0 Å². The number of benzene rings is 1. The topological polar surface area (TPSA) is 80.2 Å². The number of nitrogens with zero attached hydrogens (tertiary/aromatic N) is 5. The molecule has 0 radical (unpaired) electrons. The zero-order valence-corrected chi connectivity index (χ0v) is 15.0. The van der Waals surface area contributed by atoms with Gasteiger partial charge < -0.3 is 9.52 Å². The first-order valence-electron chi connectivity index (χ1n) is 9.16. The van der Waals surface area contributed by atoms with E-state index >= 15 is 0 Å². The molecule has 142 valence electrons. The number of aromatic nitrogens is 4. The summed E-state index contributed by atoms with van der Waals surface area (Å²) < 4.78 is 20.9. The number of hydrogen-bond acceptors (Lipinski definition) is 6. The summed E-state index contributed by atoms with van der Waals surface area (Å²) in [4.78, 5) is 2.28. The average Bonchev–Trinajstić information content (AvgIpc) is 3.32. The molecule has 7 nitrogen and oxygen atoms in total. The van der Waals surface area contributed by atoms with Crippen LogP contribution in [0.5, 0.6) is 0 Å². The lowest BCUT2D eigenvalue weighted by atomic mass is 9.95. The van der Waals surface area contributed by atoms with E-state index < -0.39 is 0 Å². The molecule has 0 aliphatic carbocycles. The lowest BCUT2D eigenvalue weighted by Crippen LogP contribution is -2.34. The molecular weight excluding hydrogens is 349 g/mol. The minimum absolute atomic E-state index is 0.0860. The number of halogens is 1. The van der Waals surface area contributed by atoms with Crippen molar-refractivity contribution in [2.45, 2.75) is 31.8 Å². The number of rotatable bonds is 6. The first kappa shape index (κ1) is 17.8. The largest absolute Gasteiger partial charge is 0.419 e. The van der Waals surface area contributed by atoms with E-state index in [1.807, 2.05) is 12.3 Å². The van der Waals surface area contributed by atoms with Gasteiger partial charge in [0.2, 0.25) is 11.8 Å². The molecule has 1 N–H and O–H groups in total. The molecule has 8 heteroatoms. The van der Waals surface area contributed by atoms with Crippen LogP contribution in [0.4, 0.5) is 4.39 Å². The van der Waals surface area contributed by atoms with E-state index in [9.17, 15) is 4.39 Å². The van der Waals surface area contributed by atoms with Crippen LogP contribution >= 0.6 is 0 Å². The molecule has 4 rings (SSSR count). The van der Waals surface area contributed by atoms with E-state index in [2.05, 4.69) is 20.2 Å². The molecule has 3 heterocycles. The number of piperidine rings is 1. The molecule has 1 unspecified atom stereocenters. The monoisotopic (exact) mass is 371 g/mol. The van der Waals surface area contributed by atoms with Gasteiger partial charge in [-0.3, -0.25) is 9.58 Å². The van der Waals surface area contributed by atoms with Gasteiger partial charge in [-0.05, 0) is 43.7 Å². The van der Waals surface area contributed by atoms with Crippen LogP contribution < -0.4 is 0 Å². The maximum Gasteiger partial charge on any atom is 0.247 e. The molecule has 2 aromatic heterocycles. The zero-order chi connectivity index (χ0) is 18.6. The van der Waals surface area contributed by atoms with E-state index in [0.717, 1.165) is 31.6 Å². The Morgan fingerprint density at radius 3 is 3.04 bits per heavy atom. The second-order valence-electron chi connectivity index (χ2n) is 6.81. The summed E-state index contributed by atoms with van der Waals surface area (Å²) in [6.45, 7) is 3.00. The van der Waals surface area contributed by atoms with Crippen LogP contribution in [-0.4, -0.2) is 49.7 Å². The summed E-state index contributed by atoms with van der Waals surface area (Å²) in [5.41, 5.74) is 1.64. The fourth-order valence-electron chi connectivity index (χ4n) is 3.51. The molecule has 1 aromatic carbocycles. The van der Waals surface area contributed by atoms with Gasteiger partial charge in [0.15, 0.2) is 0 Å². The maximum absolute atomic E-state index is 13.4. The maximum atomic E-state index is 13.4. The summed E-state index contributed by atoms with van der Waals surface area (Å²) in [5.74, 6) is 0.887. The van der Waals surface area contributed by atoms with E-state index in [4.69, 9.17) is 9.52 Å². The Bertz CT molecular complexity index is 894. The Kier molecular flexibility index (Phi) is 5.26. The molecular formula is C19H22FN5O2. The third kappa shape index (κ3) is 4.23. The Labute approximate surface area is 156 Å². The highest BCUT2D eigenvalue weighted by molar-refractivity contribution is 5.52. The van der Waals surface area contributed by atoms with E-state index in [1.54, 1.807) is 16.8 Å². The van der Waals surface area contributed by atoms with Crippen molar-refractivity contribution >= 4 is 0 Å². The molecule has 1 saturated heterocycles. The van der Waals surface area contributed by atoms with Gasteiger partial charge in [0.25, 0.3) is 0 Å². The van der Waals surface area contributed by atoms with E-state index in [-0.39, 0.29) is 12.4 Å². The minimum atomic E-state index is -0.327. The Morgan fingerprint density at radius 2 is 2.19 bits per heavy atom. The summed E-state index contributed by atoms with van der Waals surface area (Å²) in [5, 5.41) is 21.8. The molecule has 0 saturated carbocycles. The van der Waals surface area contributed by atoms with Crippen molar-refractivity contribution in [3.8, 4) is 11.5 Å². The summed E-state index contributed by atoms with van der Waals surface area (Å²) in [6, 6.07) is 8.17. The van der Waals surface area contributed by atoms with Crippen molar-refractivity contribution in [1.82, 2.24) is 24.9 Å². The van der Waals surface area contributed by atoms with E-state index in [0.29, 0.717) is 36.4 Å². The normalized spacial score (nSPS) is 18.1. The van der Waals surface area contributed by atoms with Crippen molar-refractivity contribution in [3.05, 3.63) is 53.9 Å². The highest BCUT2D eigenvalue weighted by atomic mass is 19.1. The van der Waals surface area contributed by atoms with Crippen LogP contribution in [0.15, 0.2) is 40.9 Å². The predicted molar refractivity (Wildman–Crippen MR) is 96.3 cm³/mol. The highest BCUT2D eigenvalue weighted by Gasteiger charge is 2.24. The van der Waals surface area contributed by atoms with Crippen molar-refractivity contribution in [3.63, 3.8) is 0 Å². The first-order chi connectivity index (χ1) is 13.2. The van der Waals surface area contributed by atoms with Crippen LogP contribution in [0.2, 0.25) is 0 Å². The molecule has 1 aliphatic heterocycles. The fraction of sp³-hybridized carbons (Fsp3) is 0.421. The SMILES string of the molecule is OCCn1ccc(C2CCCN(Cc3nnc(-c4cccc(F)c4)o3)C2)n1. The van der Waals surface area contributed by atoms with Crippen LogP contribution in [0.25, 0.3) is 11.5 Å². The Morgan fingerprint density at radius 1 is 1.26 bits per heavy atom. The lowest BCUT2D eigenvalue weighted by Gasteiger charge is -2.30. The molecule has 0 bridgehead atoms. The molecule has 27 heavy (non-hydrogen) atoms. The number of aliphatic hydroxyl groups excluding tert-OH is 1. The lowest BCUT2D eigenvalue weighted by molar-refractivity contribution is 0.182. The van der Waals surface area contributed by atoms with Gasteiger partial charge in [-0.15, -0.1) is 10.2 Å². The standard InChI is InChI=1S/C19H22FN5O2/c20-16-5-1-3-14(11-16)19-22-21-18(27-19)13-24-7-2-4-15(12-24)17-6-8-25(23-17)9-10-26/h1,3,5-6,8,11,15,26H,2,4,7,9-10,12-13H2. The van der Waals surface area contributed by atoms with Gasteiger partial charge in [-0.25, -0.2) is 4.39 Å². The van der Waals surface area contributed by atoms with Gasteiger partial charge in [-0.2, -0.15) is 5.10 Å².